The number of nitrogens with two attached hydrogens (primary N) is 1. The summed E-state index contributed by atoms with van der Waals surface area (Å²) < 4.78 is 0. The molecule has 4 heteroatoms. The molecule has 3 N–H and O–H groups in total. The second-order valence-electron chi connectivity index (χ2n) is 0.953. The summed E-state index contributed by atoms with van der Waals surface area (Å²) in [5, 5.41) is 8.68. The van der Waals surface area contributed by atoms with Gasteiger partial charge in [-0.2, -0.15) is 0 Å². The van der Waals surface area contributed by atoms with Gasteiger partial charge in [0.15, 0.2) is 0 Å². The maximum Gasteiger partial charge on any atom is 0.121 e. The van der Waals surface area contributed by atoms with Gasteiger partial charge in [-0.3, -0.25) is 0 Å². The molecule has 0 aromatic heterocycles. The Balaban J connectivity index is 2.83. The van der Waals surface area contributed by atoms with Gasteiger partial charge in [0.2, 0.25) is 0 Å². The van der Waals surface area contributed by atoms with Crippen LogP contribution in [0.2, 0.25) is 0 Å². The Morgan fingerprint density at radius 3 is 2.57 bits per heavy atom. The number of rotatable bonds is 3. The van der Waals surface area contributed by atoms with E-state index in [1.165, 1.54) is 21.6 Å². The topological polar surface area (TPSA) is 46.2 Å². The summed E-state index contributed by atoms with van der Waals surface area (Å²) in [5.74, 6) is 0. The quantitative estimate of drug-likeness (QED) is 0.435. The summed E-state index contributed by atoms with van der Waals surface area (Å²) in [4.78, 5) is 0. The van der Waals surface area contributed by atoms with Crippen LogP contribution in [-0.4, -0.2) is 23.3 Å². The van der Waals surface area contributed by atoms with Crippen molar-refractivity contribution in [3.8, 4) is 0 Å². The Morgan fingerprint density at radius 2 is 2.43 bits per heavy atom. The van der Waals surface area contributed by atoms with Crippen LogP contribution in [0.4, 0.5) is 0 Å². The van der Waals surface area contributed by atoms with Crippen LogP contribution in [0.5, 0.6) is 0 Å². The number of hydrogen-bond acceptors (Lipinski definition) is 4. The summed E-state index contributed by atoms with van der Waals surface area (Å²) in [6.07, 6.45) is 1.91. The summed E-state index contributed by atoms with van der Waals surface area (Å²) in [6.45, 7) is 0.339. The van der Waals surface area contributed by atoms with E-state index >= 15 is 0 Å². The molecule has 1 unspecified atom stereocenters. The standard InChI is InChI=1S/C3H9NOS2/c1-6-7-3(5)2-4/h3,5H,2,4H2,1H3. The summed E-state index contributed by atoms with van der Waals surface area (Å²) in [6, 6.07) is 0. The Morgan fingerprint density at radius 1 is 1.86 bits per heavy atom. The van der Waals surface area contributed by atoms with E-state index in [0.29, 0.717) is 6.54 Å². The highest BCUT2D eigenvalue weighted by molar-refractivity contribution is 8.76. The molecule has 2 nitrogen and oxygen atoms in total. The van der Waals surface area contributed by atoms with Gasteiger partial charge in [0.05, 0.1) is 0 Å². The van der Waals surface area contributed by atoms with Gasteiger partial charge < -0.3 is 10.8 Å². The smallest absolute Gasteiger partial charge is 0.121 e. The summed E-state index contributed by atoms with van der Waals surface area (Å²) >= 11 is 0. The van der Waals surface area contributed by atoms with Crippen LogP contribution in [0.1, 0.15) is 0 Å². The molecule has 0 aliphatic heterocycles. The van der Waals surface area contributed by atoms with E-state index in [1.54, 1.807) is 0 Å². The lowest BCUT2D eigenvalue weighted by molar-refractivity contribution is 0.273. The van der Waals surface area contributed by atoms with Crippen LogP contribution >= 0.6 is 21.6 Å². The van der Waals surface area contributed by atoms with Crippen molar-refractivity contribution >= 4 is 21.6 Å². The van der Waals surface area contributed by atoms with Crippen molar-refractivity contribution in [1.82, 2.24) is 0 Å². The highest BCUT2D eigenvalue weighted by Gasteiger charge is 1.96. The highest BCUT2D eigenvalue weighted by Crippen LogP contribution is 2.20. The third-order valence-corrected chi connectivity index (χ3v) is 2.26. The van der Waals surface area contributed by atoms with E-state index < -0.39 is 5.44 Å². The van der Waals surface area contributed by atoms with Crippen LogP contribution in [0, 0.1) is 0 Å². The first-order valence-electron chi connectivity index (χ1n) is 1.89. The molecular weight excluding hydrogens is 130 g/mol. The largest absolute Gasteiger partial charge is 0.380 e. The van der Waals surface area contributed by atoms with Crippen LogP contribution in [0.3, 0.4) is 0 Å². The minimum absolute atomic E-state index is 0.339. The minimum atomic E-state index is -0.394. The van der Waals surface area contributed by atoms with Crippen molar-refractivity contribution in [2.45, 2.75) is 5.44 Å². The van der Waals surface area contributed by atoms with Gasteiger partial charge in [0, 0.05) is 6.54 Å². The first-order chi connectivity index (χ1) is 3.31. The average molecular weight is 139 g/mol. The Bertz CT molecular complexity index is 43.9. The van der Waals surface area contributed by atoms with Crippen molar-refractivity contribution < 1.29 is 5.11 Å². The Labute approximate surface area is 51.2 Å². The average Bonchev–Trinajstić information content (AvgIpc) is 1.68. The van der Waals surface area contributed by atoms with E-state index in [2.05, 4.69) is 0 Å². The van der Waals surface area contributed by atoms with Crippen LogP contribution < -0.4 is 5.73 Å². The van der Waals surface area contributed by atoms with Crippen molar-refractivity contribution in [3.05, 3.63) is 0 Å². The molecule has 44 valence electrons. The molecule has 7 heavy (non-hydrogen) atoms. The van der Waals surface area contributed by atoms with Crippen LogP contribution in [0.15, 0.2) is 0 Å². The summed E-state index contributed by atoms with van der Waals surface area (Å²) in [7, 11) is 2.90. The van der Waals surface area contributed by atoms with Gasteiger partial charge in [-0.05, 0) is 6.26 Å². The highest BCUT2D eigenvalue weighted by atomic mass is 33.1. The molecule has 0 saturated heterocycles. The van der Waals surface area contributed by atoms with Crippen molar-refractivity contribution in [2.75, 3.05) is 12.8 Å². The molecule has 0 rings (SSSR count). The van der Waals surface area contributed by atoms with Crippen molar-refractivity contribution in [1.29, 1.82) is 0 Å². The van der Waals surface area contributed by atoms with Crippen molar-refractivity contribution in [2.24, 2.45) is 5.73 Å². The van der Waals surface area contributed by atoms with E-state index in [9.17, 15) is 0 Å². The lowest BCUT2D eigenvalue weighted by Crippen LogP contribution is -2.14. The molecule has 0 aromatic carbocycles. The van der Waals surface area contributed by atoms with Crippen LogP contribution in [-0.2, 0) is 0 Å². The molecule has 0 bridgehead atoms. The van der Waals surface area contributed by atoms with Gasteiger partial charge in [-0.15, -0.1) is 0 Å². The van der Waals surface area contributed by atoms with Gasteiger partial charge in [-0.25, -0.2) is 0 Å². The second kappa shape index (κ2) is 4.77. The normalized spacial score (nSPS) is 14.1. The lowest BCUT2D eigenvalue weighted by atomic mass is 10.7. The molecular formula is C3H9NOS2. The number of aliphatic hydroxyl groups excluding tert-OH is 1. The Kier molecular flexibility index (Phi) is 5.19. The Hall–Kier alpha value is 0.620. The molecule has 0 radical (unpaired) electrons. The minimum Gasteiger partial charge on any atom is -0.380 e. The fraction of sp³-hybridized carbons (Fsp3) is 1.00. The predicted octanol–water partition coefficient (Wildman–Crippen LogP) is 0.275. The predicted molar refractivity (Wildman–Crippen MR) is 36.2 cm³/mol. The van der Waals surface area contributed by atoms with Crippen LogP contribution in [0.25, 0.3) is 0 Å². The molecule has 0 heterocycles. The molecule has 0 aromatic rings. The third-order valence-electron chi connectivity index (χ3n) is 0.409. The molecule has 1 atom stereocenters. The fourth-order valence-electron chi connectivity index (χ4n) is 0.150. The number of hydrogen-bond donors (Lipinski definition) is 2. The zero-order chi connectivity index (χ0) is 5.70. The molecule has 0 fully saturated rings. The zero-order valence-corrected chi connectivity index (χ0v) is 5.76. The van der Waals surface area contributed by atoms with Crippen molar-refractivity contribution in [3.63, 3.8) is 0 Å². The van der Waals surface area contributed by atoms with Gasteiger partial charge in [-0.1, -0.05) is 21.6 Å². The first-order valence-corrected chi connectivity index (χ1v) is 4.51. The molecule has 0 amide bonds. The van der Waals surface area contributed by atoms with E-state index in [0.717, 1.165) is 0 Å². The molecule has 0 aliphatic rings. The number of aliphatic hydroxyl groups is 1. The first kappa shape index (κ1) is 7.62. The third kappa shape index (κ3) is 4.47. The lowest BCUT2D eigenvalue weighted by Gasteiger charge is -2.00. The second-order valence-corrected chi connectivity index (χ2v) is 3.60. The monoisotopic (exact) mass is 139 g/mol. The van der Waals surface area contributed by atoms with Gasteiger partial charge >= 0.3 is 0 Å². The summed E-state index contributed by atoms with van der Waals surface area (Å²) in [5.41, 5.74) is 4.68. The fourth-order valence-corrected chi connectivity index (χ4v) is 1.35. The van der Waals surface area contributed by atoms with Gasteiger partial charge in [0.1, 0.15) is 5.44 Å². The van der Waals surface area contributed by atoms with E-state index in [-0.39, 0.29) is 0 Å². The SMILES string of the molecule is CSSC(O)CN. The van der Waals surface area contributed by atoms with Gasteiger partial charge in [0.25, 0.3) is 0 Å². The molecule has 0 aliphatic carbocycles. The maximum atomic E-state index is 8.68. The maximum absolute atomic E-state index is 8.68. The molecule has 0 spiro atoms. The zero-order valence-electron chi connectivity index (χ0n) is 4.13. The van der Waals surface area contributed by atoms with E-state index in [4.69, 9.17) is 10.8 Å². The molecule has 0 saturated carbocycles. The van der Waals surface area contributed by atoms with E-state index in [1.807, 2.05) is 6.26 Å².